The number of fused-ring (bicyclic) bond motifs is 2. The van der Waals surface area contributed by atoms with Gasteiger partial charge >= 0.3 is 5.97 Å². The lowest BCUT2D eigenvalue weighted by Crippen LogP contribution is -2.26. The smallest absolute Gasteiger partial charge is 0.303 e. The average molecular weight is 383 g/mol. The van der Waals surface area contributed by atoms with E-state index < -0.39 is 5.97 Å². The van der Waals surface area contributed by atoms with Gasteiger partial charge in [0.1, 0.15) is 0 Å². The summed E-state index contributed by atoms with van der Waals surface area (Å²) in [4.78, 5) is 26.0. The molecule has 29 heavy (non-hydrogen) atoms. The molecule has 4 nitrogen and oxygen atoms in total. The highest BCUT2D eigenvalue weighted by molar-refractivity contribution is 6.13. The summed E-state index contributed by atoms with van der Waals surface area (Å²) in [7, 11) is 0. The highest BCUT2D eigenvalue weighted by atomic mass is 16.4. The molecule has 0 unspecified atom stereocenters. The number of aliphatic carboxylic acids is 1. The Morgan fingerprint density at radius 1 is 0.655 bits per heavy atom. The monoisotopic (exact) mass is 383 g/mol. The number of anilines is 2. The average Bonchev–Trinajstić information content (AvgIpc) is 2.74. The van der Waals surface area contributed by atoms with Crippen molar-refractivity contribution in [2.75, 3.05) is 4.90 Å². The van der Waals surface area contributed by atoms with Crippen molar-refractivity contribution >= 4 is 44.8 Å². The molecule has 1 amide bonds. The van der Waals surface area contributed by atoms with Gasteiger partial charge in [0.15, 0.2) is 0 Å². The zero-order valence-corrected chi connectivity index (χ0v) is 15.9. The summed E-state index contributed by atoms with van der Waals surface area (Å²) in [5.74, 6) is -1.00. The normalized spacial score (nSPS) is 10.9. The first-order valence-corrected chi connectivity index (χ1v) is 9.65. The summed E-state index contributed by atoms with van der Waals surface area (Å²) in [5.41, 5.74) is 1.61. The van der Waals surface area contributed by atoms with E-state index >= 15 is 0 Å². The van der Waals surface area contributed by atoms with Crippen LogP contribution in [-0.4, -0.2) is 17.0 Å². The third-order valence-electron chi connectivity index (χ3n) is 5.05. The molecule has 144 valence electrons. The third kappa shape index (κ3) is 3.83. The Morgan fingerprint density at radius 2 is 1.14 bits per heavy atom. The maximum absolute atomic E-state index is 13.3. The lowest BCUT2D eigenvalue weighted by molar-refractivity contribution is -0.137. The van der Waals surface area contributed by atoms with E-state index in [1.54, 1.807) is 4.90 Å². The molecule has 4 rings (SSSR count). The SMILES string of the molecule is O=C(O)CCCC(=O)N(c1cccc2ccccc12)c1cccc2ccccc12. The summed E-state index contributed by atoms with van der Waals surface area (Å²) in [6, 6.07) is 27.8. The van der Waals surface area contributed by atoms with E-state index in [1.807, 2.05) is 84.9 Å². The van der Waals surface area contributed by atoms with Gasteiger partial charge in [0.05, 0.1) is 11.4 Å². The fourth-order valence-corrected chi connectivity index (χ4v) is 3.71. The van der Waals surface area contributed by atoms with E-state index in [1.165, 1.54) is 0 Å². The van der Waals surface area contributed by atoms with Crippen LogP contribution >= 0.6 is 0 Å². The number of nitrogens with zero attached hydrogens (tertiary/aromatic N) is 1. The summed E-state index contributed by atoms with van der Waals surface area (Å²) >= 11 is 0. The molecule has 0 heterocycles. The molecule has 0 saturated carbocycles. The third-order valence-corrected chi connectivity index (χ3v) is 5.05. The van der Waals surface area contributed by atoms with Gasteiger partial charge < -0.3 is 5.11 Å². The van der Waals surface area contributed by atoms with Gasteiger partial charge in [-0.05, 0) is 29.3 Å². The Hall–Kier alpha value is -3.66. The second kappa shape index (κ2) is 8.15. The minimum atomic E-state index is -0.889. The van der Waals surface area contributed by atoms with Crippen LogP contribution in [0.25, 0.3) is 21.5 Å². The first kappa shape index (κ1) is 18.7. The number of carbonyl (C=O) groups excluding carboxylic acids is 1. The molecule has 0 bridgehead atoms. The quantitative estimate of drug-likeness (QED) is 0.450. The van der Waals surface area contributed by atoms with Crippen molar-refractivity contribution in [1.82, 2.24) is 0 Å². The summed E-state index contributed by atoms with van der Waals surface area (Å²) in [6.07, 6.45) is 0.448. The van der Waals surface area contributed by atoms with Crippen LogP contribution < -0.4 is 4.90 Å². The number of hydrogen-bond donors (Lipinski definition) is 1. The highest BCUT2D eigenvalue weighted by Gasteiger charge is 2.21. The first-order valence-electron chi connectivity index (χ1n) is 9.65. The fourth-order valence-electron chi connectivity index (χ4n) is 3.71. The lowest BCUT2D eigenvalue weighted by atomic mass is 10.0. The molecular weight excluding hydrogens is 362 g/mol. The number of carbonyl (C=O) groups is 2. The van der Waals surface area contributed by atoms with Crippen LogP contribution in [0.4, 0.5) is 11.4 Å². The fraction of sp³-hybridized carbons (Fsp3) is 0.120. The number of rotatable bonds is 6. The molecule has 0 aliphatic heterocycles. The molecule has 0 atom stereocenters. The van der Waals surface area contributed by atoms with Gasteiger partial charge in [-0.25, -0.2) is 0 Å². The van der Waals surface area contributed by atoms with E-state index in [0.29, 0.717) is 6.42 Å². The standard InChI is InChI=1S/C25H21NO3/c27-24(16-7-17-25(28)29)26(22-14-5-10-18-8-1-3-12-20(18)22)23-15-6-11-19-9-2-4-13-21(19)23/h1-6,8-15H,7,16-17H2,(H,28,29). The Labute approximate surface area is 169 Å². The van der Waals surface area contributed by atoms with Gasteiger partial charge in [0.2, 0.25) is 5.91 Å². The highest BCUT2D eigenvalue weighted by Crippen LogP contribution is 2.37. The van der Waals surface area contributed by atoms with Crippen LogP contribution in [0, 0.1) is 0 Å². The number of benzene rings is 4. The molecule has 4 aromatic carbocycles. The van der Waals surface area contributed by atoms with Crippen molar-refractivity contribution < 1.29 is 14.7 Å². The molecule has 0 aromatic heterocycles. The van der Waals surface area contributed by atoms with Crippen molar-refractivity contribution in [2.24, 2.45) is 0 Å². The molecule has 0 saturated heterocycles. The molecular formula is C25H21NO3. The Morgan fingerprint density at radius 3 is 1.66 bits per heavy atom. The second-order valence-corrected chi connectivity index (χ2v) is 6.97. The van der Waals surface area contributed by atoms with Crippen molar-refractivity contribution in [2.45, 2.75) is 19.3 Å². The maximum Gasteiger partial charge on any atom is 0.303 e. The lowest BCUT2D eigenvalue weighted by Gasteiger charge is -2.26. The van der Waals surface area contributed by atoms with Crippen molar-refractivity contribution in [3.63, 3.8) is 0 Å². The van der Waals surface area contributed by atoms with E-state index in [-0.39, 0.29) is 18.7 Å². The predicted molar refractivity (Wildman–Crippen MR) is 117 cm³/mol. The summed E-state index contributed by atoms with van der Waals surface area (Å²) in [5, 5.41) is 13.0. The minimum absolute atomic E-state index is 0.0232. The van der Waals surface area contributed by atoms with Crippen LogP contribution in [-0.2, 0) is 9.59 Å². The Balaban J connectivity index is 1.87. The largest absolute Gasteiger partial charge is 0.481 e. The zero-order valence-electron chi connectivity index (χ0n) is 15.9. The van der Waals surface area contributed by atoms with E-state index in [4.69, 9.17) is 5.11 Å². The second-order valence-electron chi connectivity index (χ2n) is 6.97. The molecule has 0 aliphatic carbocycles. The van der Waals surface area contributed by atoms with Gasteiger partial charge in [-0.3, -0.25) is 14.5 Å². The minimum Gasteiger partial charge on any atom is -0.481 e. The maximum atomic E-state index is 13.3. The van der Waals surface area contributed by atoms with E-state index in [2.05, 4.69) is 0 Å². The van der Waals surface area contributed by atoms with Gasteiger partial charge in [-0.2, -0.15) is 0 Å². The van der Waals surface area contributed by atoms with E-state index in [9.17, 15) is 9.59 Å². The molecule has 0 aliphatic rings. The zero-order chi connectivity index (χ0) is 20.2. The van der Waals surface area contributed by atoms with Crippen LogP contribution in [0.1, 0.15) is 19.3 Å². The van der Waals surface area contributed by atoms with Gasteiger partial charge in [-0.1, -0.05) is 72.8 Å². The Bertz CT molecular complexity index is 1110. The molecule has 0 fully saturated rings. The first-order chi connectivity index (χ1) is 14.1. The van der Waals surface area contributed by atoms with Crippen LogP contribution in [0.15, 0.2) is 84.9 Å². The summed E-state index contributed by atoms with van der Waals surface area (Å²) < 4.78 is 0. The van der Waals surface area contributed by atoms with Crippen LogP contribution in [0.2, 0.25) is 0 Å². The molecule has 4 heteroatoms. The number of carboxylic acids is 1. The summed E-state index contributed by atoms with van der Waals surface area (Å²) in [6.45, 7) is 0. The van der Waals surface area contributed by atoms with Gasteiger partial charge in [0.25, 0.3) is 0 Å². The molecule has 0 radical (unpaired) electrons. The number of hydrogen-bond acceptors (Lipinski definition) is 2. The molecule has 4 aromatic rings. The number of carboxylic acid groups (broad SMARTS) is 1. The van der Waals surface area contributed by atoms with Crippen molar-refractivity contribution in [1.29, 1.82) is 0 Å². The molecule has 0 spiro atoms. The van der Waals surface area contributed by atoms with Crippen LogP contribution in [0.5, 0.6) is 0 Å². The number of amides is 1. The van der Waals surface area contributed by atoms with Gasteiger partial charge in [0, 0.05) is 23.6 Å². The van der Waals surface area contributed by atoms with E-state index in [0.717, 1.165) is 32.9 Å². The molecule has 1 N–H and O–H groups in total. The van der Waals surface area contributed by atoms with Crippen molar-refractivity contribution in [3.8, 4) is 0 Å². The topological polar surface area (TPSA) is 57.6 Å². The van der Waals surface area contributed by atoms with Crippen LogP contribution in [0.3, 0.4) is 0 Å². The van der Waals surface area contributed by atoms with Gasteiger partial charge in [-0.15, -0.1) is 0 Å². The van der Waals surface area contributed by atoms with Crippen molar-refractivity contribution in [3.05, 3.63) is 84.9 Å². The predicted octanol–water partition coefficient (Wildman–Crippen LogP) is 5.91. The Kier molecular flexibility index (Phi) is 5.25.